The van der Waals surface area contributed by atoms with Crippen molar-refractivity contribution in [3.8, 4) is 0 Å². The molecule has 1 fully saturated rings. The molecule has 128 valence electrons. The van der Waals surface area contributed by atoms with Crippen LogP contribution in [-0.4, -0.2) is 33.5 Å². The molecule has 0 aromatic heterocycles. The second kappa shape index (κ2) is 8.88. The molecule has 0 heterocycles. The maximum absolute atomic E-state index is 12.0. The molecule has 0 atom stereocenters. The number of nitrogens with one attached hydrogen (secondary N) is 2. The molecule has 1 aromatic carbocycles. The van der Waals surface area contributed by atoms with Crippen molar-refractivity contribution in [2.24, 2.45) is 10.7 Å². The maximum atomic E-state index is 12.0. The first-order valence-corrected chi connectivity index (χ1v) is 9.67. The fourth-order valence-corrected chi connectivity index (χ4v) is 3.76. The van der Waals surface area contributed by atoms with Crippen LogP contribution >= 0.6 is 0 Å². The van der Waals surface area contributed by atoms with E-state index >= 15 is 0 Å². The van der Waals surface area contributed by atoms with Crippen LogP contribution in [-0.2, 0) is 10.0 Å². The number of nitrogens with zero attached hydrogens (tertiary/aromatic N) is 1. The summed E-state index contributed by atoms with van der Waals surface area (Å²) in [5.41, 5.74) is 5.88. The number of rotatable bonds is 6. The number of benzene rings is 1. The zero-order chi connectivity index (χ0) is 16.5. The van der Waals surface area contributed by atoms with Crippen LogP contribution in [0.1, 0.15) is 38.5 Å². The molecule has 1 aliphatic carbocycles. The van der Waals surface area contributed by atoms with Crippen molar-refractivity contribution < 1.29 is 8.42 Å². The third kappa shape index (κ3) is 6.19. The summed E-state index contributed by atoms with van der Waals surface area (Å²) in [6.07, 6.45) is 7.27. The summed E-state index contributed by atoms with van der Waals surface area (Å²) < 4.78 is 26.6. The summed E-state index contributed by atoms with van der Waals surface area (Å²) in [5, 5.41) is 3.24. The number of aliphatic imine (C=N–C) groups is 1. The SMILES string of the molecule is NC(=NCCNS(=O)(=O)c1ccccc1)NC1CCCCCC1. The smallest absolute Gasteiger partial charge is 0.240 e. The van der Waals surface area contributed by atoms with Gasteiger partial charge in [0.25, 0.3) is 0 Å². The van der Waals surface area contributed by atoms with Crippen LogP contribution in [0.5, 0.6) is 0 Å². The van der Waals surface area contributed by atoms with E-state index in [9.17, 15) is 8.42 Å². The normalized spacial score (nSPS) is 17.7. The lowest BCUT2D eigenvalue weighted by Gasteiger charge is -2.16. The van der Waals surface area contributed by atoms with Gasteiger partial charge < -0.3 is 11.1 Å². The summed E-state index contributed by atoms with van der Waals surface area (Å²) in [7, 11) is -3.47. The van der Waals surface area contributed by atoms with Gasteiger partial charge in [-0.2, -0.15) is 0 Å². The second-order valence-electron chi connectivity index (χ2n) is 5.81. The molecule has 4 N–H and O–H groups in total. The lowest BCUT2D eigenvalue weighted by Crippen LogP contribution is -2.40. The summed E-state index contributed by atoms with van der Waals surface area (Å²) >= 11 is 0. The first kappa shape index (κ1) is 17.7. The number of sulfonamides is 1. The van der Waals surface area contributed by atoms with E-state index in [1.54, 1.807) is 30.3 Å². The predicted octanol–water partition coefficient (Wildman–Crippen LogP) is 1.59. The Bertz CT molecular complexity index is 594. The Morgan fingerprint density at radius 2 is 1.78 bits per heavy atom. The van der Waals surface area contributed by atoms with Crippen LogP contribution in [0.3, 0.4) is 0 Å². The van der Waals surface area contributed by atoms with Crippen LogP contribution in [0.4, 0.5) is 0 Å². The molecular weight excluding hydrogens is 312 g/mol. The van der Waals surface area contributed by atoms with Crippen molar-refractivity contribution in [2.45, 2.75) is 49.5 Å². The maximum Gasteiger partial charge on any atom is 0.240 e. The van der Waals surface area contributed by atoms with Gasteiger partial charge in [-0.3, -0.25) is 4.99 Å². The van der Waals surface area contributed by atoms with E-state index in [0.717, 1.165) is 12.8 Å². The number of nitrogens with two attached hydrogens (primary N) is 1. The molecule has 23 heavy (non-hydrogen) atoms. The monoisotopic (exact) mass is 338 g/mol. The number of hydrogen-bond donors (Lipinski definition) is 3. The van der Waals surface area contributed by atoms with Crippen molar-refractivity contribution in [2.75, 3.05) is 13.1 Å². The minimum Gasteiger partial charge on any atom is -0.370 e. The van der Waals surface area contributed by atoms with Crippen molar-refractivity contribution >= 4 is 16.0 Å². The van der Waals surface area contributed by atoms with Crippen LogP contribution in [0.25, 0.3) is 0 Å². The summed E-state index contributed by atoms with van der Waals surface area (Å²) in [4.78, 5) is 4.46. The Morgan fingerprint density at radius 3 is 2.43 bits per heavy atom. The van der Waals surface area contributed by atoms with Gasteiger partial charge in [0, 0.05) is 12.6 Å². The quantitative estimate of drug-likeness (QED) is 0.318. The highest BCUT2D eigenvalue weighted by molar-refractivity contribution is 7.89. The van der Waals surface area contributed by atoms with Gasteiger partial charge in [0.15, 0.2) is 5.96 Å². The van der Waals surface area contributed by atoms with Crippen molar-refractivity contribution in [1.29, 1.82) is 0 Å². The first-order chi connectivity index (χ1) is 11.1. The van der Waals surface area contributed by atoms with Crippen LogP contribution < -0.4 is 15.8 Å². The highest BCUT2D eigenvalue weighted by Crippen LogP contribution is 2.16. The van der Waals surface area contributed by atoms with Crippen LogP contribution in [0.2, 0.25) is 0 Å². The topological polar surface area (TPSA) is 96.6 Å². The summed E-state index contributed by atoms with van der Waals surface area (Å²) in [5.74, 6) is 0.399. The predicted molar refractivity (Wildman–Crippen MR) is 92.7 cm³/mol. The van der Waals surface area contributed by atoms with Gasteiger partial charge in [0.1, 0.15) is 0 Å². The van der Waals surface area contributed by atoms with E-state index in [2.05, 4.69) is 15.0 Å². The third-order valence-electron chi connectivity index (χ3n) is 3.95. The van der Waals surface area contributed by atoms with Crippen molar-refractivity contribution in [1.82, 2.24) is 10.0 Å². The second-order valence-corrected chi connectivity index (χ2v) is 7.58. The van der Waals surface area contributed by atoms with Gasteiger partial charge >= 0.3 is 0 Å². The first-order valence-electron chi connectivity index (χ1n) is 8.19. The lowest BCUT2D eigenvalue weighted by atomic mass is 10.1. The van der Waals surface area contributed by atoms with E-state index in [1.165, 1.54) is 25.7 Å². The minimum absolute atomic E-state index is 0.226. The minimum atomic E-state index is -3.47. The molecule has 1 aliphatic rings. The molecule has 0 unspecified atom stereocenters. The van der Waals surface area contributed by atoms with Gasteiger partial charge in [-0.25, -0.2) is 13.1 Å². The van der Waals surface area contributed by atoms with Gasteiger partial charge in [0.2, 0.25) is 10.0 Å². The van der Waals surface area contributed by atoms with E-state index < -0.39 is 10.0 Å². The standard InChI is InChI=1S/C16H26N4O2S/c17-16(20-14-8-4-1-2-5-9-14)18-12-13-19-23(21,22)15-10-6-3-7-11-15/h3,6-7,10-11,14,19H,1-2,4-5,8-9,12-13H2,(H3,17,18,20). The summed E-state index contributed by atoms with van der Waals surface area (Å²) in [6, 6.07) is 8.69. The number of hydrogen-bond acceptors (Lipinski definition) is 3. The van der Waals surface area contributed by atoms with Crippen molar-refractivity contribution in [3.05, 3.63) is 30.3 Å². The Hall–Kier alpha value is -1.60. The average molecular weight is 338 g/mol. The van der Waals surface area contributed by atoms with E-state index in [-0.39, 0.29) is 11.4 Å². The largest absolute Gasteiger partial charge is 0.370 e. The molecule has 0 saturated heterocycles. The molecule has 6 nitrogen and oxygen atoms in total. The highest BCUT2D eigenvalue weighted by Gasteiger charge is 2.13. The van der Waals surface area contributed by atoms with Gasteiger partial charge in [-0.05, 0) is 25.0 Å². The molecule has 0 amide bonds. The zero-order valence-corrected chi connectivity index (χ0v) is 14.2. The fourth-order valence-electron chi connectivity index (χ4n) is 2.72. The zero-order valence-electron chi connectivity index (χ0n) is 13.4. The summed E-state index contributed by atoms with van der Waals surface area (Å²) in [6.45, 7) is 0.544. The average Bonchev–Trinajstić information content (AvgIpc) is 2.81. The van der Waals surface area contributed by atoms with Crippen LogP contribution in [0, 0.1) is 0 Å². The molecular formula is C16H26N4O2S. The van der Waals surface area contributed by atoms with Crippen LogP contribution in [0.15, 0.2) is 40.2 Å². The van der Waals surface area contributed by atoms with Gasteiger partial charge in [0.05, 0.1) is 11.4 Å². The Morgan fingerprint density at radius 1 is 1.13 bits per heavy atom. The molecule has 7 heteroatoms. The van der Waals surface area contributed by atoms with Gasteiger partial charge in [-0.1, -0.05) is 43.9 Å². The van der Waals surface area contributed by atoms with E-state index in [0.29, 0.717) is 18.5 Å². The molecule has 2 rings (SSSR count). The third-order valence-corrected chi connectivity index (χ3v) is 5.42. The van der Waals surface area contributed by atoms with Crippen molar-refractivity contribution in [3.63, 3.8) is 0 Å². The fraction of sp³-hybridized carbons (Fsp3) is 0.562. The molecule has 0 bridgehead atoms. The number of guanidine groups is 1. The Kier molecular flexibility index (Phi) is 6.85. The highest BCUT2D eigenvalue weighted by atomic mass is 32.2. The van der Waals surface area contributed by atoms with E-state index in [1.807, 2.05) is 0 Å². The molecule has 0 spiro atoms. The Labute approximate surface area is 138 Å². The lowest BCUT2D eigenvalue weighted by molar-refractivity contribution is 0.530. The van der Waals surface area contributed by atoms with E-state index in [4.69, 9.17) is 5.73 Å². The Balaban J connectivity index is 1.75. The van der Waals surface area contributed by atoms with Gasteiger partial charge in [-0.15, -0.1) is 0 Å². The molecule has 0 aliphatic heterocycles. The molecule has 1 saturated carbocycles. The molecule has 0 radical (unpaired) electrons. The molecule has 1 aromatic rings.